The first-order valence-electron chi connectivity index (χ1n) is 12.0. The van der Waals surface area contributed by atoms with E-state index in [1.165, 1.54) is 11.6 Å². The first-order valence-corrected chi connectivity index (χ1v) is 13.5. The number of aromatic nitrogens is 1. The number of anilines is 2. The average molecular weight is 493 g/mol. The number of nitrogens with zero attached hydrogens (tertiary/aromatic N) is 3. The third-order valence-electron chi connectivity index (χ3n) is 6.29. The van der Waals surface area contributed by atoms with Gasteiger partial charge in [-0.15, -0.1) is 0 Å². The number of piperazine rings is 1. The van der Waals surface area contributed by atoms with Gasteiger partial charge in [-0.25, -0.2) is 13.4 Å². The summed E-state index contributed by atoms with van der Waals surface area (Å²) < 4.78 is 29.0. The molecule has 184 valence electrons. The zero-order valence-corrected chi connectivity index (χ0v) is 21.1. The highest BCUT2D eigenvalue weighted by atomic mass is 32.2. The van der Waals surface area contributed by atoms with Gasteiger partial charge in [0.2, 0.25) is 0 Å². The monoisotopic (exact) mass is 492 g/mol. The molecule has 7 nitrogen and oxygen atoms in total. The molecule has 1 N–H and O–H groups in total. The number of carbonyl (C=O) groups is 1. The van der Waals surface area contributed by atoms with E-state index in [1.54, 1.807) is 42.3 Å². The van der Waals surface area contributed by atoms with Crippen LogP contribution in [0.4, 0.5) is 11.5 Å². The van der Waals surface area contributed by atoms with Crippen LogP contribution in [0.1, 0.15) is 41.3 Å². The van der Waals surface area contributed by atoms with E-state index in [9.17, 15) is 13.2 Å². The molecule has 0 aliphatic carbocycles. The molecule has 1 amide bonds. The zero-order valence-electron chi connectivity index (χ0n) is 20.3. The minimum atomic E-state index is -3.84. The molecule has 2 aromatic carbocycles. The first-order chi connectivity index (χ1) is 16.9. The number of benzene rings is 2. The van der Waals surface area contributed by atoms with Crippen LogP contribution < -0.4 is 9.62 Å². The van der Waals surface area contributed by atoms with Crippen molar-refractivity contribution < 1.29 is 13.2 Å². The van der Waals surface area contributed by atoms with Crippen LogP contribution in [0.2, 0.25) is 0 Å². The SMILES string of the molecule is CCCCc1ccc(NS(=O)(=O)c2cc(C(=O)N3CCN(c4ccccn4)CC3)ccc2C)cc1. The minimum absolute atomic E-state index is 0.116. The molecule has 35 heavy (non-hydrogen) atoms. The largest absolute Gasteiger partial charge is 0.353 e. The summed E-state index contributed by atoms with van der Waals surface area (Å²) in [6, 6.07) is 18.1. The molecule has 1 fully saturated rings. The Morgan fingerprint density at radius 3 is 2.40 bits per heavy atom. The van der Waals surface area contributed by atoms with Crippen LogP contribution in [0, 0.1) is 6.92 Å². The third kappa shape index (κ3) is 6.00. The molecule has 4 rings (SSSR count). The Bertz CT molecular complexity index is 1250. The van der Waals surface area contributed by atoms with E-state index in [1.807, 2.05) is 30.3 Å². The van der Waals surface area contributed by atoms with Gasteiger partial charge in [0.25, 0.3) is 15.9 Å². The Labute approximate surface area is 207 Å². The van der Waals surface area contributed by atoms with Crippen molar-refractivity contribution in [2.75, 3.05) is 35.8 Å². The summed E-state index contributed by atoms with van der Waals surface area (Å²) in [7, 11) is -3.84. The van der Waals surface area contributed by atoms with E-state index >= 15 is 0 Å². The molecule has 3 aromatic rings. The maximum Gasteiger partial charge on any atom is 0.262 e. The predicted molar refractivity (Wildman–Crippen MR) is 139 cm³/mol. The fourth-order valence-electron chi connectivity index (χ4n) is 4.22. The molecule has 0 spiro atoms. The smallest absolute Gasteiger partial charge is 0.262 e. The number of aryl methyl sites for hydroxylation is 2. The van der Waals surface area contributed by atoms with E-state index in [0.717, 1.165) is 25.1 Å². The van der Waals surface area contributed by atoms with Crippen molar-refractivity contribution in [1.29, 1.82) is 0 Å². The average Bonchev–Trinajstić information content (AvgIpc) is 2.88. The molecule has 1 aliphatic rings. The number of rotatable bonds is 8. The molecule has 0 radical (unpaired) electrons. The molecule has 2 heterocycles. The number of hydrogen-bond acceptors (Lipinski definition) is 5. The molecule has 1 aliphatic heterocycles. The fraction of sp³-hybridized carbons (Fsp3) is 0.333. The van der Waals surface area contributed by atoms with Crippen LogP contribution in [0.5, 0.6) is 0 Å². The molecule has 1 saturated heterocycles. The number of nitrogens with one attached hydrogen (secondary N) is 1. The molecular formula is C27H32N4O3S. The lowest BCUT2D eigenvalue weighted by Crippen LogP contribution is -2.49. The van der Waals surface area contributed by atoms with Crippen molar-refractivity contribution in [1.82, 2.24) is 9.88 Å². The van der Waals surface area contributed by atoms with Crippen LogP contribution >= 0.6 is 0 Å². The Morgan fingerprint density at radius 2 is 1.74 bits per heavy atom. The summed E-state index contributed by atoms with van der Waals surface area (Å²) in [5.74, 6) is 0.732. The van der Waals surface area contributed by atoms with Gasteiger partial charge in [0.1, 0.15) is 5.82 Å². The third-order valence-corrected chi connectivity index (χ3v) is 7.81. The Morgan fingerprint density at radius 1 is 1.00 bits per heavy atom. The number of amides is 1. The highest BCUT2D eigenvalue weighted by Gasteiger charge is 2.25. The van der Waals surface area contributed by atoms with Gasteiger partial charge < -0.3 is 9.80 Å². The quantitative estimate of drug-likeness (QED) is 0.501. The van der Waals surface area contributed by atoms with Crippen LogP contribution in [0.3, 0.4) is 0 Å². The van der Waals surface area contributed by atoms with Gasteiger partial charge in [-0.05, 0) is 67.3 Å². The summed E-state index contributed by atoms with van der Waals surface area (Å²) in [6.07, 6.45) is 4.95. The standard InChI is InChI=1S/C27H32N4O3S/c1-3-4-7-22-10-13-24(14-11-22)29-35(33,34)25-20-23(12-9-21(25)2)27(32)31-18-16-30(17-19-31)26-8-5-6-15-28-26/h5-6,8-15,20,29H,3-4,7,16-19H2,1-2H3. The van der Waals surface area contributed by atoms with Crippen LogP contribution in [0.25, 0.3) is 0 Å². The maximum atomic E-state index is 13.2. The van der Waals surface area contributed by atoms with Crippen molar-refractivity contribution in [2.24, 2.45) is 0 Å². The lowest BCUT2D eigenvalue weighted by molar-refractivity contribution is 0.0746. The van der Waals surface area contributed by atoms with Crippen molar-refractivity contribution >= 4 is 27.4 Å². The van der Waals surface area contributed by atoms with E-state index < -0.39 is 10.0 Å². The van der Waals surface area contributed by atoms with E-state index in [0.29, 0.717) is 43.0 Å². The Kier molecular flexibility index (Phi) is 7.70. The fourth-order valence-corrected chi connectivity index (χ4v) is 5.55. The molecular weight excluding hydrogens is 460 g/mol. The summed E-state index contributed by atoms with van der Waals surface area (Å²) in [4.78, 5) is 21.6. The predicted octanol–water partition coefficient (Wildman–Crippen LogP) is 4.50. The number of unbranched alkanes of at least 4 members (excludes halogenated alkanes) is 1. The molecule has 0 unspecified atom stereocenters. The van der Waals surface area contributed by atoms with Gasteiger partial charge in [0.15, 0.2) is 0 Å². The van der Waals surface area contributed by atoms with Gasteiger partial charge in [0.05, 0.1) is 4.90 Å². The topological polar surface area (TPSA) is 82.6 Å². The van der Waals surface area contributed by atoms with Crippen LogP contribution in [0.15, 0.2) is 71.8 Å². The molecule has 0 bridgehead atoms. The van der Waals surface area contributed by atoms with Gasteiger partial charge in [-0.3, -0.25) is 9.52 Å². The lowest BCUT2D eigenvalue weighted by atomic mass is 10.1. The number of carbonyl (C=O) groups excluding carboxylic acids is 1. The van der Waals surface area contributed by atoms with Crippen molar-refractivity contribution in [2.45, 2.75) is 38.0 Å². The summed E-state index contributed by atoms with van der Waals surface area (Å²) in [5, 5.41) is 0. The summed E-state index contributed by atoms with van der Waals surface area (Å²) in [5.41, 5.74) is 2.65. The summed E-state index contributed by atoms with van der Waals surface area (Å²) in [6.45, 7) is 6.33. The van der Waals surface area contributed by atoms with Crippen molar-refractivity contribution in [3.05, 3.63) is 83.6 Å². The molecule has 0 atom stereocenters. The maximum absolute atomic E-state index is 13.2. The second-order valence-electron chi connectivity index (χ2n) is 8.85. The van der Waals surface area contributed by atoms with Crippen LogP contribution in [-0.4, -0.2) is 50.4 Å². The Hall–Kier alpha value is -3.39. The second kappa shape index (κ2) is 10.9. The van der Waals surface area contributed by atoms with E-state index in [4.69, 9.17) is 0 Å². The van der Waals surface area contributed by atoms with Gasteiger partial charge in [0, 0.05) is 43.6 Å². The number of sulfonamides is 1. The zero-order chi connectivity index (χ0) is 24.8. The van der Waals surface area contributed by atoms with Crippen molar-refractivity contribution in [3.8, 4) is 0 Å². The van der Waals surface area contributed by atoms with E-state index in [-0.39, 0.29) is 10.8 Å². The minimum Gasteiger partial charge on any atom is -0.353 e. The van der Waals surface area contributed by atoms with Crippen molar-refractivity contribution in [3.63, 3.8) is 0 Å². The van der Waals surface area contributed by atoms with Crippen LogP contribution in [-0.2, 0) is 16.4 Å². The summed E-state index contributed by atoms with van der Waals surface area (Å²) >= 11 is 0. The van der Waals surface area contributed by atoms with Gasteiger partial charge in [-0.2, -0.15) is 0 Å². The molecule has 1 aromatic heterocycles. The first kappa shape index (κ1) is 24.7. The van der Waals surface area contributed by atoms with Gasteiger partial charge in [-0.1, -0.05) is 37.6 Å². The highest BCUT2D eigenvalue weighted by molar-refractivity contribution is 7.92. The van der Waals surface area contributed by atoms with E-state index in [2.05, 4.69) is 21.5 Å². The highest BCUT2D eigenvalue weighted by Crippen LogP contribution is 2.23. The van der Waals surface area contributed by atoms with Gasteiger partial charge >= 0.3 is 0 Å². The normalized spacial score (nSPS) is 14.1. The molecule has 8 heteroatoms. The number of pyridine rings is 1. The molecule has 0 saturated carbocycles. The Balaban J connectivity index is 1.45. The lowest BCUT2D eigenvalue weighted by Gasteiger charge is -2.35. The second-order valence-corrected chi connectivity index (χ2v) is 10.5. The number of hydrogen-bond donors (Lipinski definition) is 1.